The summed E-state index contributed by atoms with van der Waals surface area (Å²) in [6.07, 6.45) is 3.23. The standard InChI is InChI=1S/C31H34N4O5S/c1-22-18-24(20-32-2)19-28-30(22)40-31(34-28)25-8-10-26(11-9-25)33-29(36)21-39-27-12-15-35(16-13-27)41(37,38)17-14-23-6-4-3-5-7-23/h3-11,18-20,27H,12-17,21H2,1-2H3,(H,33,36). The molecule has 0 spiro atoms. The summed E-state index contributed by atoms with van der Waals surface area (Å²) in [4.78, 5) is 21.2. The van der Waals surface area contributed by atoms with Crippen molar-refractivity contribution >= 4 is 38.9 Å². The van der Waals surface area contributed by atoms with Crippen LogP contribution in [0.3, 0.4) is 0 Å². The van der Waals surface area contributed by atoms with Gasteiger partial charge in [-0.15, -0.1) is 0 Å². The number of aromatic nitrogens is 1. The molecule has 0 bridgehead atoms. The lowest BCUT2D eigenvalue weighted by atomic mass is 10.1. The average Bonchev–Trinajstić information content (AvgIpc) is 3.41. The van der Waals surface area contributed by atoms with Crippen molar-refractivity contribution in [3.63, 3.8) is 0 Å². The quantitative estimate of drug-likeness (QED) is 0.271. The van der Waals surface area contributed by atoms with E-state index in [-0.39, 0.29) is 24.4 Å². The molecular weight excluding hydrogens is 540 g/mol. The summed E-state index contributed by atoms with van der Waals surface area (Å²) in [6, 6.07) is 20.8. The number of nitrogens with one attached hydrogen (secondary N) is 1. The highest BCUT2D eigenvalue weighted by molar-refractivity contribution is 7.89. The molecule has 1 aliphatic heterocycles. The van der Waals surface area contributed by atoms with Crippen LogP contribution in [-0.4, -0.2) is 68.4 Å². The van der Waals surface area contributed by atoms with E-state index in [0.717, 1.165) is 33.4 Å². The van der Waals surface area contributed by atoms with E-state index >= 15 is 0 Å². The van der Waals surface area contributed by atoms with Crippen LogP contribution in [0.2, 0.25) is 0 Å². The highest BCUT2D eigenvalue weighted by Gasteiger charge is 2.28. The Balaban J connectivity index is 1.08. The molecule has 0 saturated carbocycles. The topological polar surface area (TPSA) is 114 Å². The van der Waals surface area contributed by atoms with Crippen LogP contribution in [0.25, 0.3) is 22.6 Å². The first-order valence-corrected chi connectivity index (χ1v) is 15.3. The summed E-state index contributed by atoms with van der Waals surface area (Å²) in [7, 11) is -1.60. The Morgan fingerprint density at radius 2 is 1.85 bits per heavy atom. The van der Waals surface area contributed by atoms with Gasteiger partial charge in [0, 0.05) is 37.6 Å². The zero-order valence-electron chi connectivity index (χ0n) is 23.2. The second-order valence-corrected chi connectivity index (χ2v) is 12.3. The summed E-state index contributed by atoms with van der Waals surface area (Å²) in [5, 5.41) is 2.85. The second-order valence-electron chi connectivity index (χ2n) is 10.2. The molecule has 9 nitrogen and oxygen atoms in total. The molecule has 1 aliphatic rings. The Morgan fingerprint density at radius 1 is 1.12 bits per heavy atom. The number of amides is 1. The van der Waals surface area contributed by atoms with Gasteiger partial charge in [0.25, 0.3) is 0 Å². The number of benzene rings is 3. The van der Waals surface area contributed by atoms with E-state index in [9.17, 15) is 13.2 Å². The molecule has 5 rings (SSSR count). The first-order valence-electron chi connectivity index (χ1n) is 13.7. The number of nitrogens with zero attached hydrogens (tertiary/aromatic N) is 3. The maximum atomic E-state index is 12.8. The fraction of sp³-hybridized carbons (Fsp3) is 0.323. The third-order valence-corrected chi connectivity index (χ3v) is 9.00. The Hall–Kier alpha value is -3.86. The first-order chi connectivity index (χ1) is 19.8. The van der Waals surface area contributed by atoms with Crippen molar-refractivity contribution in [1.29, 1.82) is 0 Å². The number of hydrogen-bond acceptors (Lipinski definition) is 7. The second kappa shape index (κ2) is 12.8. The molecule has 0 atom stereocenters. The zero-order chi connectivity index (χ0) is 28.8. The van der Waals surface area contributed by atoms with E-state index in [0.29, 0.717) is 43.9 Å². The van der Waals surface area contributed by atoms with Crippen LogP contribution in [-0.2, 0) is 26.0 Å². The molecule has 1 fully saturated rings. The number of rotatable bonds is 10. The van der Waals surface area contributed by atoms with Gasteiger partial charge in [0.1, 0.15) is 12.1 Å². The molecule has 2 heterocycles. The van der Waals surface area contributed by atoms with Gasteiger partial charge in [-0.25, -0.2) is 17.7 Å². The van der Waals surface area contributed by atoms with Crippen molar-refractivity contribution in [2.45, 2.75) is 32.3 Å². The monoisotopic (exact) mass is 574 g/mol. The molecule has 4 aromatic rings. The third kappa shape index (κ3) is 7.27. The van der Waals surface area contributed by atoms with Gasteiger partial charge in [0.05, 0.1) is 11.9 Å². The van der Waals surface area contributed by atoms with Crippen molar-refractivity contribution in [2.75, 3.05) is 37.8 Å². The van der Waals surface area contributed by atoms with E-state index in [2.05, 4.69) is 15.3 Å². The number of oxazole rings is 1. The van der Waals surface area contributed by atoms with Crippen molar-refractivity contribution in [3.8, 4) is 11.5 Å². The molecular formula is C31H34N4O5S. The molecule has 10 heteroatoms. The van der Waals surface area contributed by atoms with Gasteiger partial charge < -0.3 is 14.5 Å². The van der Waals surface area contributed by atoms with Gasteiger partial charge in [-0.2, -0.15) is 0 Å². The molecule has 0 radical (unpaired) electrons. The van der Waals surface area contributed by atoms with Crippen LogP contribution >= 0.6 is 0 Å². The smallest absolute Gasteiger partial charge is 0.250 e. The Kier molecular flexibility index (Phi) is 8.92. The van der Waals surface area contributed by atoms with Gasteiger partial charge in [-0.05, 0) is 79.3 Å². The van der Waals surface area contributed by atoms with Crippen LogP contribution in [0.4, 0.5) is 5.69 Å². The van der Waals surface area contributed by atoms with Gasteiger partial charge in [0.15, 0.2) is 5.58 Å². The van der Waals surface area contributed by atoms with E-state index < -0.39 is 10.0 Å². The van der Waals surface area contributed by atoms with E-state index in [4.69, 9.17) is 9.15 Å². The number of aliphatic imine (C=N–C) groups is 1. The highest BCUT2D eigenvalue weighted by Crippen LogP contribution is 2.28. The molecule has 0 aliphatic carbocycles. The van der Waals surface area contributed by atoms with Gasteiger partial charge in [-0.3, -0.25) is 9.79 Å². The molecule has 41 heavy (non-hydrogen) atoms. The number of carbonyl (C=O) groups is 1. The average molecular weight is 575 g/mol. The van der Waals surface area contributed by atoms with E-state index in [1.54, 1.807) is 25.4 Å². The highest BCUT2D eigenvalue weighted by atomic mass is 32.2. The first kappa shape index (κ1) is 28.7. The van der Waals surface area contributed by atoms with Gasteiger partial charge >= 0.3 is 0 Å². The minimum absolute atomic E-state index is 0.0883. The number of aryl methyl sites for hydroxylation is 2. The van der Waals surface area contributed by atoms with Crippen LogP contribution < -0.4 is 5.32 Å². The molecule has 1 amide bonds. The zero-order valence-corrected chi connectivity index (χ0v) is 24.1. The van der Waals surface area contributed by atoms with Crippen molar-refractivity contribution < 1.29 is 22.4 Å². The largest absolute Gasteiger partial charge is 0.436 e. The molecule has 214 valence electrons. The number of sulfonamides is 1. The molecule has 1 aromatic heterocycles. The molecule has 0 unspecified atom stereocenters. The number of carbonyl (C=O) groups excluding carboxylic acids is 1. The van der Waals surface area contributed by atoms with Gasteiger partial charge in [-0.1, -0.05) is 30.3 Å². The van der Waals surface area contributed by atoms with Crippen LogP contribution in [0, 0.1) is 6.92 Å². The lowest BCUT2D eigenvalue weighted by Gasteiger charge is -2.31. The summed E-state index contributed by atoms with van der Waals surface area (Å²) >= 11 is 0. The number of piperidine rings is 1. The lowest BCUT2D eigenvalue weighted by molar-refractivity contribution is -0.123. The van der Waals surface area contributed by atoms with Crippen LogP contribution in [0.1, 0.15) is 29.5 Å². The summed E-state index contributed by atoms with van der Waals surface area (Å²) in [5.41, 5.74) is 5.88. The Labute approximate surface area is 240 Å². The predicted octanol–water partition coefficient (Wildman–Crippen LogP) is 4.84. The third-order valence-electron chi connectivity index (χ3n) is 7.13. The van der Waals surface area contributed by atoms with Gasteiger partial charge in [0.2, 0.25) is 21.8 Å². The fourth-order valence-electron chi connectivity index (χ4n) is 4.96. The predicted molar refractivity (Wildman–Crippen MR) is 161 cm³/mol. The van der Waals surface area contributed by atoms with Crippen LogP contribution in [0.5, 0.6) is 0 Å². The maximum Gasteiger partial charge on any atom is 0.250 e. The minimum atomic E-state index is -3.33. The SMILES string of the molecule is CN=Cc1cc(C)c2oc(-c3ccc(NC(=O)COC4CCN(S(=O)(=O)CCc5ccccc5)CC4)cc3)nc2c1. The summed E-state index contributed by atoms with van der Waals surface area (Å²) in [6.45, 7) is 2.67. The van der Waals surface area contributed by atoms with E-state index in [1.807, 2.05) is 61.5 Å². The maximum absolute atomic E-state index is 12.8. The molecule has 1 saturated heterocycles. The molecule has 3 aromatic carbocycles. The van der Waals surface area contributed by atoms with Crippen molar-refractivity contribution in [1.82, 2.24) is 9.29 Å². The van der Waals surface area contributed by atoms with Crippen molar-refractivity contribution in [2.24, 2.45) is 4.99 Å². The number of anilines is 1. The Bertz CT molecular complexity index is 1620. The van der Waals surface area contributed by atoms with Crippen molar-refractivity contribution in [3.05, 3.63) is 83.4 Å². The number of hydrogen-bond donors (Lipinski definition) is 1. The Morgan fingerprint density at radius 3 is 2.56 bits per heavy atom. The van der Waals surface area contributed by atoms with E-state index in [1.165, 1.54) is 4.31 Å². The molecule has 1 N–H and O–H groups in total. The number of ether oxygens (including phenoxy) is 1. The lowest BCUT2D eigenvalue weighted by Crippen LogP contribution is -2.42. The number of fused-ring (bicyclic) bond motifs is 1. The fourth-order valence-corrected chi connectivity index (χ4v) is 6.48. The minimum Gasteiger partial charge on any atom is -0.436 e. The normalized spacial score (nSPS) is 15.1. The van der Waals surface area contributed by atoms with Crippen LogP contribution in [0.15, 0.2) is 76.1 Å². The summed E-state index contributed by atoms with van der Waals surface area (Å²) < 4.78 is 38.9. The summed E-state index contributed by atoms with van der Waals surface area (Å²) in [5.74, 6) is 0.326.